The van der Waals surface area contributed by atoms with Gasteiger partial charge in [-0.3, -0.25) is 19.6 Å². The maximum absolute atomic E-state index is 12.6. The van der Waals surface area contributed by atoms with Gasteiger partial charge in [0, 0.05) is 29.1 Å². The first-order valence-corrected chi connectivity index (χ1v) is 10.7. The second kappa shape index (κ2) is 9.26. The molecule has 0 unspecified atom stereocenters. The smallest absolute Gasteiger partial charge is 0.269 e. The van der Waals surface area contributed by atoms with Gasteiger partial charge in [0.05, 0.1) is 16.4 Å². The lowest BCUT2D eigenvalue weighted by molar-refractivity contribution is -0.384. The van der Waals surface area contributed by atoms with Gasteiger partial charge in [0.1, 0.15) is 5.75 Å². The molecule has 0 radical (unpaired) electrons. The van der Waals surface area contributed by atoms with Crippen LogP contribution >= 0.6 is 0 Å². The molecular formula is C21H19N3O6S. The zero-order chi connectivity index (χ0) is 22.4. The summed E-state index contributed by atoms with van der Waals surface area (Å²) in [6.07, 6.45) is 0. The number of hydrogen-bond acceptors (Lipinski definition) is 6. The third-order valence-electron chi connectivity index (χ3n) is 4.18. The van der Waals surface area contributed by atoms with Gasteiger partial charge in [0.25, 0.3) is 21.6 Å². The van der Waals surface area contributed by atoms with Crippen molar-refractivity contribution in [2.75, 3.05) is 16.6 Å². The molecule has 3 aromatic carbocycles. The number of nitro groups is 1. The number of amides is 1. The van der Waals surface area contributed by atoms with E-state index in [4.69, 9.17) is 4.74 Å². The Morgan fingerprint density at radius 1 is 0.935 bits per heavy atom. The number of anilines is 2. The summed E-state index contributed by atoms with van der Waals surface area (Å²) in [5.41, 5.74) is 0.882. The van der Waals surface area contributed by atoms with Gasteiger partial charge in [0.2, 0.25) is 0 Å². The van der Waals surface area contributed by atoms with Gasteiger partial charge in [0.15, 0.2) is 0 Å². The first-order valence-electron chi connectivity index (χ1n) is 9.20. The van der Waals surface area contributed by atoms with Gasteiger partial charge in [-0.1, -0.05) is 0 Å². The monoisotopic (exact) mass is 441 g/mol. The number of ether oxygens (including phenoxy) is 1. The Kier molecular flexibility index (Phi) is 6.51. The minimum Gasteiger partial charge on any atom is -0.494 e. The van der Waals surface area contributed by atoms with E-state index in [1.807, 2.05) is 6.92 Å². The SMILES string of the molecule is CCOc1ccc(NS(=O)(=O)c2ccc(NC(=O)c3ccc([N+](=O)[O-])cc3)cc2)cc1. The summed E-state index contributed by atoms with van der Waals surface area (Å²) in [5.74, 6) is 0.164. The molecule has 9 nitrogen and oxygen atoms in total. The second-order valence-electron chi connectivity index (χ2n) is 6.35. The van der Waals surface area contributed by atoms with E-state index in [1.54, 1.807) is 24.3 Å². The second-order valence-corrected chi connectivity index (χ2v) is 8.03. The summed E-state index contributed by atoms with van der Waals surface area (Å²) in [6, 6.07) is 17.3. The van der Waals surface area contributed by atoms with Crippen LogP contribution in [0.25, 0.3) is 0 Å². The number of nitrogens with one attached hydrogen (secondary N) is 2. The molecule has 0 heterocycles. The molecule has 0 spiro atoms. The van der Waals surface area contributed by atoms with Crippen LogP contribution in [0.4, 0.5) is 17.1 Å². The van der Waals surface area contributed by atoms with E-state index in [1.165, 1.54) is 48.5 Å². The summed E-state index contributed by atoms with van der Waals surface area (Å²) in [4.78, 5) is 22.4. The Bertz CT molecular complexity index is 1180. The molecule has 0 aliphatic carbocycles. The van der Waals surface area contributed by atoms with Crippen LogP contribution in [-0.4, -0.2) is 25.9 Å². The van der Waals surface area contributed by atoms with E-state index in [9.17, 15) is 23.3 Å². The van der Waals surface area contributed by atoms with Crippen LogP contribution in [0.2, 0.25) is 0 Å². The normalized spacial score (nSPS) is 10.9. The summed E-state index contributed by atoms with van der Waals surface area (Å²) in [5, 5.41) is 13.3. The Morgan fingerprint density at radius 3 is 2.06 bits per heavy atom. The standard InChI is InChI=1S/C21H19N3O6S/c1-2-30-19-11-5-17(6-12-19)23-31(28,29)20-13-7-16(8-14-20)22-21(25)15-3-9-18(10-4-15)24(26)27/h3-14,23H,2H2,1H3,(H,22,25). The third-order valence-corrected chi connectivity index (χ3v) is 5.58. The van der Waals surface area contributed by atoms with Crippen LogP contribution in [0.3, 0.4) is 0 Å². The lowest BCUT2D eigenvalue weighted by Gasteiger charge is -2.10. The summed E-state index contributed by atoms with van der Waals surface area (Å²) < 4.78 is 32.9. The molecule has 0 saturated carbocycles. The molecule has 160 valence electrons. The van der Waals surface area contributed by atoms with Crippen LogP contribution in [0, 0.1) is 10.1 Å². The highest BCUT2D eigenvalue weighted by Crippen LogP contribution is 2.21. The number of carbonyl (C=O) groups is 1. The highest BCUT2D eigenvalue weighted by molar-refractivity contribution is 7.92. The first-order chi connectivity index (χ1) is 14.8. The maximum atomic E-state index is 12.6. The predicted octanol–water partition coefficient (Wildman–Crippen LogP) is 4.05. The zero-order valence-corrected chi connectivity index (χ0v) is 17.3. The largest absolute Gasteiger partial charge is 0.494 e. The van der Waals surface area contributed by atoms with E-state index >= 15 is 0 Å². The molecular weight excluding hydrogens is 422 g/mol. The highest BCUT2D eigenvalue weighted by atomic mass is 32.2. The first kappa shape index (κ1) is 21.8. The third kappa shape index (κ3) is 5.58. The molecule has 31 heavy (non-hydrogen) atoms. The van der Waals surface area contributed by atoms with Crippen LogP contribution in [-0.2, 0) is 10.0 Å². The van der Waals surface area contributed by atoms with E-state index < -0.39 is 20.9 Å². The van der Waals surface area contributed by atoms with Crippen LogP contribution in [0.15, 0.2) is 77.7 Å². The number of sulfonamides is 1. The fourth-order valence-electron chi connectivity index (χ4n) is 2.66. The van der Waals surface area contributed by atoms with Gasteiger partial charge < -0.3 is 10.1 Å². The maximum Gasteiger partial charge on any atom is 0.269 e. The molecule has 0 atom stereocenters. The van der Waals surface area contributed by atoms with Gasteiger partial charge >= 0.3 is 0 Å². The molecule has 0 saturated heterocycles. The Hall–Kier alpha value is -3.92. The van der Waals surface area contributed by atoms with Crippen molar-refractivity contribution >= 4 is 33.0 Å². The van der Waals surface area contributed by atoms with Crippen molar-refractivity contribution in [3.63, 3.8) is 0 Å². The molecule has 0 fully saturated rings. The molecule has 3 rings (SSSR count). The topological polar surface area (TPSA) is 128 Å². The van der Waals surface area contributed by atoms with Crippen molar-refractivity contribution in [2.45, 2.75) is 11.8 Å². The van der Waals surface area contributed by atoms with Gasteiger partial charge in [-0.2, -0.15) is 0 Å². The van der Waals surface area contributed by atoms with Gasteiger partial charge in [-0.05, 0) is 67.6 Å². The highest BCUT2D eigenvalue weighted by Gasteiger charge is 2.15. The number of carbonyl (C=O) groups excluding carboxylic acids is 1. The van der Waals surface area contributed by atoms with Crippen molar-refractivity contribution < 1.29 is 22.9 Å². The number of non-ortho nitro benzene ring substituents is 1. The van der Waals surface area contributed by atoms with Gasteiger partial charge in [-0.25, -0.2) is 8.42 Å². The molecule has 1 amide bonds. The van der Waals surface area contributed by atoms with Crippen molar-refractivity contribution in [1.29, 1.82) is 0 Å². The number of rotatable bonds is 8. The number of nitro benzene ring substituents is 1. The lowest BCUT2D eigenvalue weighted by Crippen LogP contribution is -2.14. The van der Waals surface area contributed by atoms with Crippen molar-refractivity contribution in [3.05, 3.63) is 88.5 Å². The Morgan fingerprint density at radius 2 is 1.52 bits per heavy atom. The van der Waals surface area contributed by atoms with Gasteiger partial charge in [-0.15, -0.1) is 0 Å². The average molecular weight is 441 g/mol. The summed E-state index contributed by atoms with van der Waals surface area (Å²) in [6.45, 7) is 2.37. The number of benzene rings is 3. The minimum absolute atomic E-state index is 0.0229. The van der Waals surface area contributed by atoms with Crippen LogP contribution < -0.4 is 14.8 Å². The van der Waals surface area contributed by atoms with E-state index in [2.05, 4.69) is 10.0 Å². The van der Waals surface area contributed by atoms with Crippen molar-refractivity contribution in [1.82, 2.24) is 0 Å². The fraction of sp³-hybridized carbons (Fsp3) is 0.0952. The van der Waals surface area contributed by atoms with Crippen molar-refractivity contribution in [2.24, 2.45) is 0 Å². The van der Waals surface area contributed by atoms with E-state index in [-0.39, 0.29) is 16.1 Å². The van der Waals surface area contributed by atoms with Crippen LogP contribution in [0.5, 0.6) is 5.75 Å². The van der Waals surface area contributed by atoms with E-state index in [0.29, 0.717) is 23.7 Å². The molecule has 3 aromatic rings. The molecule has 0 aromatic heterocycles. The van der Waals surface area contributed by atoms with E-state index in [0.717, 1.165) is 0 Å². The number of nitrogens with zero attached hydrogens (tertiary/aromatic N) is 1. The quantitative estimate of drug-likeness (QED) is 0.401. The molecule has 0 bridgehead atoms. The summed E-state index contributed by atoms with van der Waals surface area (Å²) in [7, 11) is -3.82. The Labute approximate surface area is 178 Å². The Balaban J connectivity index is 1.66. The van der Waals surface area contributed by atoms with Crippen LogP contribution in [0.1, 0.15) is 17.3 Å². The molecule has 0 aliphatic heterocycles. The minimum atomic E-state index is -3.82. The average Bonchev–Trinajstić information content (AvgIpc) is 2.75. The summed E-state index contributed by atoms with van der Waals surface area (Å²) >= 11 is 0. The lowest BCUT2D eigenvalue weighted by atomic mass is 10.2. The molecule has 0 aliphatic rings. The fourth-order valence-corrected chi connectivity index (χ4v) is 3.71. The predicted molar refractivity (Wildman–Crippen MR) is 116 cm³/mol. The van der Waals surface area contributed by atoms with Crippen molar-refractivity contribution in [3.8, 4) is 5.75 Å². The number of hydrogen-bond donors (Lipinski definition) is 2. The molecule has 10 heteroatoms. The molecule has 2 N–H and O–H groups in total. The zero-order valence-electron chi connectivity index (χ0n) is 16.4.